The van der Waals surface area contributed by atoms with Crippen molar-refractivity contribution in [1.82, 2.24) is 30.0 Å². The first-order valence-corrected chi connectivity index (χ1v) is 12.9. The Balaban J connectivity index is 1.19. The first-order valence-electron chi connectivity index (χ1n) is 11.9. The second-order valence-corrected chi connectivity index (χ2v) is 9.51. The molecule has 0 atom stereocenters. The van der Waals surface area contributed by atoms with Crippen LogP contribution in [-0.4, -0.2) is 68.6 Å². The number of benzene rings is 3. The number of amides is 1. The number of piperazine rings is 1. The number of rotatable bonds is 8. The molecule has 178 valence electrons. The van der Waals surface area contributed by atoms with Crippen LogP contribution in [0.4, 0.5) is 0 Å². The van der Waals surface area contributed by atoms with Gasteiger partial charge in [-0.05, 0) is 46.7 Å². The molecule has 0 spiro atoms. The molecule has 1 aliphatic heterocycles. The zero-order valence-corrected chi connectivity index (χ0v) is 20.3. The van der Waals surface area contributed by atoms with Crippen molar-refractivity contribution < 1.29 is 4.79 Å². The van der Waals surface area contributed by atoms with E-state index in [2.05, 4.69) is 50.8 Å². The standard InChI is InChI=1S/C27H28N6OS/c34-27(32-19-17-31(18-20-32)16-15-22-9-3-1-4-10-22)24-13-7-8-14-25(24)35-21-26-28-29-30-33(26)23-11-5-2-6-12-23/h1-14H,15-21H2. The van der Waals surface area contributed by atoms with Crippen molar-refractivity contribution in [3.05, 3.63) is 102 Å². The van der Waals surface area contributed by atoms with Gasteiger partial charge in [0.25, 0.3) is 5.91 Å². The van der Waals surface area contributed by atoms with E-state index in [-0.39, 0.29) is 5.91 Å². The summed E-state index contributed by atoms with van der Waals surface area (Å²) in [5.74, 6) is 1.41. The number of thioether (sulfide) groups is 1. The summed E-state index contributed by atoms with van der Waals surface area (Å²) in [6.45, 7) is 4.33. The van der Waals surface area contributed by atoms with Gasteiger partial charge in [0.15, 0.2) is 5.82 Å². The Bertz CT molecular complexity index is 1240. The molecule has 1 amide bonds. The lowest BCUT2D eigenvalue weighted by Gasteiger charge is -2.35. The maximum Gasteiger partial charge on any atom is 0.255 e. The van der Waals surface area contributed by atoms with Crippen molar-refractivity contribution in [2.24, 2.45) is 0 Å². The number of nitrogens with zero attached hydrogens (tertiary/aromatic N) is 6. The van der Waals surface area contributed by atoms with Crippen LogP contribution in [0.5, 0.6) is 0 Å². The third kappa shape index (κ3) is 5.78. The molecule has 1 saturated heterocycles. The number of carbonyl (C=O) groups excluding carboxylic acids is 1. The average Bonchev–Trinajstić information content (AvgIpc) is 3.41. The smallest absolute Gasteiger partial charge is 0.255 e. The Kier molecular flexibility index (Phi) is 7.50. The van der Waals surface area contributed by atoms with Crippen LogP contribution in [0.1, 0.15) is 21.7 Å². The Morgan fingerprint density at radius 3 is 2.29 bits per heavy atom. The largest absolute Gasteiger partial charge is 0.336 e. The van der Waals surface area contributed by atoms with Gasteiger partial charge >= 0.3 is 0 Å². The number of para-hydroxylation sites is 1. The summed E-state index contributed by atoms with van der Waals surface area (Å²) in [7, 11) is 0. The van der Waals surface area contributed by atoms with E-state index in [1.807, 2.05) is 59.5 Å². The number of aromatic nitrogens is 4. The zero-order valence-electron chi connectivity index (χ0n) is 19.5. The molecule has 2 heterocycles. The molecule has 5 rings (SSSR count). The zero-order chi connectivity index (χ0) is 23.9. The Hall–Kier alpha value is -3.49. The third-order valence-electron chi connectivity index (χ3n) is 6.23. The lowest BCUT2D eigenvalue weighted by molar-refractivity contribution is 0.0635. The van der Waals surface area contributed by atoms with Crippen LogP contribution in [-0.2, 0) is 12.2 Å². The predicted molar refractivity (Wildman–Crippen MR) is 138 cm³/mol. The maximum absolute atomic E-state index is 13.4. The fraction of sp³-hybridized carbons (Fsp3) is 0.259. The van der Waals surface area contributed by atoms with Gasteiger partial charge in [-0.1, -0.05) is 60.7 Å². The second kappa shape index (κ2) is 11.3. The molecule has 0 saturated carbocycles. The van der Waals surface area contributed by atoms with Crippen molar-refractivity contribution >= 4 is 17.7 Å². The van der Waals surface area contributed by atoms with Gasteiger partial charge in [-0.2, -0.15) is 4.68 Å². The first-order chi connectivity index (χ1) is 17.3. The van der Waals surface area contributed by atoms with Crippen LogP contribution in [0.3, 0.4) is 0 Å². The molecule has 0 aliphatic carbocycles. The van der Waals surface area contributed by atoms with Crippen molar-refractivity contribution in [2.75, 3.05) is 32.7 Å². The fourth-order valence-electron chi connectivity index (χ4n) is 4.25. The van der Waals surface area contributed by atoms with E-state index in [1.165, 1.54) is 5.56 Å². The fourth-order valence-corrected chi connectivity index (χ4v) is 5.20. The molecule has 7 nitrogen and oxygen atoms in total. The van der Waals surface area contributed by atoms with Gasteiger partial charge in [0.2, 0.25) is 0 Å². The average molecular weight is 485 g/mol. The Morgan fingerprint density at radius 1 is 0.829 bits per heavy atom. The van der Waals surface area contributed by atoms with Crippen LogP contribution in [0.25, 0.3) is 5.69 Å². The molecule has 3 aromatic carbocycles. The molecule has 0 unspecified atom stereocenters. The Labute approximate surface area is 209 Å². The molecular weight excluding hydrogens is 456 g/mol. The number of carbonyl (C=O) groups is 1. The van der Waals surface area contributed by atoms with Gasteiger partial charge in [-0.15, -0.1) is 16.9 Å². The van der Waals surface area contributed by atoms with E-state index in [9.17, 15) is 4.79 Å². The van der Waals surface area contributed by atoms with Crippen LogP contribution >= 0.6 is 11.8 Å². The minimum absolute atomic E-state index is 0.0958. The highest BCUT2D eigenvalue weighted by Crippen LogP contribution is 2.27. The minimum atomic E-state index is 0.0958. The maximum atomic E-state index is 13.4. The highest BCUT2D eigenvalue weighted by atomic mass is 32.2. The van der Waals surface area contributed by atoms with Gasteiger partial charge in [0.1, 0.15) is 0 Å². The van der Waals surface area contributed by atoms with E-state index < -0.39 is 0 Å². The van der Waals surface area contributed by atoms with Crippen LogP contribution in [0.15, 0.2) is 89.8 Å². The topological polar surface area (TPSA) is 67.2 Å². The molecular formula is C27H28N6OS. The molecule has 0 bridgehead atoms. The molecule has 8 heteroatoms. The van der Waals surface area contributed by atoms with Crippen molar-refractivity contribution in [1.29, 1.82) is 0 Å². The van der Waals surface area contributed by atoms with Gasteiger partial charge in [-0.3, -0.25) is 9.69 Å². The summed E-state index contributed by atoms with van der Waals surface area (Å²) < 4.78 is 1.74. The number of hydrogen-bond donors (Lipinski definition) is 0. The van der Waals surface area contributed by atoms with E-state index in [1.54, 1.807) is 16.4 Å². The molecule has 1 fully saturated rings. The Morgan fingerprint density at radius 2 is 1.51 bits per heavy atom. The molecule has 0 N–H and O–H groups in total. The molecule has 4 aromatic rings. The van der Waals surface area contributed by atoms with E-state index >= 15 is 0 Å². The SMILES string of the molecule is O=C(c1ccccc1SCc1nnnn1-c1ccccc1)N1CCN(CCc2ccccc2)CC1. The lowest BCUT2D eigenvalue weighted by Crippen LogP contribution is -2.49. The van der Waals surface area contributed by atoms with E-state index in [0.717, 1.165) is 61.1 Å². The first kappa shape index (κ1) is 23.3. The van der Waals surface area contributed by atoms with Gasteiger partial charge in [0.05, 0.1) is 17.0 Å². The number of tetrazole rings is 1. The minimum Gasteiger partial charge on any atom is -0.336 e. The van der Waals surface area contributed by atoms with Crippen LogP contribution < -0.4 is 0 Å². The van der Waals surface area contributed by atoms with Crippen LogP contribution in [0.2, 0.25) is 0 Å². The highest BCUT2D eigenvalue weighted by molar-refractivity contribution is 7.98. The number of hydrogen-bond acceptors (Lipinski definition) is 6. The second-order valence-electron chi connectivity index (χ2n) is 8.50. The van der Waals surface area contributed by atoms with Crippen molar-refractivity contribution in [2.45, 2.75) is 17.1 Å². The summed E-state index contributed by atoms with van der Waals surface area (Å²) in [5.41, 5.74) is 3.02. The monoisotopic (exact) mass is 484 g/mol. The summed E-state index contributed by atoms with van der Waals surface area (Å²) >= 11 is 1.59. The molecule has 35 heavy (non-hydrogen) atoms. The molecule has 0 radical (unpaired) electrons. The summed E-state index contributed by atoms with van der Waals surface area (Å²) in [4.78, 5) is 18.8. The van der Waals surface area contributed by atoms with Gasteiger partial charge in [0, 0.05) is 37.6 Å². The summed E-state index contributed by atoms with van der Waals surface area (Å²) in [6.07, 6.45) is 1.04. The van der Waals surface area contributed by atoms with Crippen molar-refractivity contribution in [3.8, 4) is 5.69 Å². The highest BCUT2D eigenvalue weighted by Gasteiger charge is 2.24. The molecule has 1 aromatic heterocycles. The van der Waals surface area contributed by atoms with Crippen molar-refractivity contribution in [3.63, 3.8) is 0 Å². The third-order valence-corrected chi connectivity index (χ3v) is 7.30. The summed E-state index contributed by atoms with van der Waals surface area (Å²) in [5, 5.41) is 12.2. The van der Waals surface area contributed by atoms with Gasteiger partial charge < -0.3 is 4.90 Å². The predicted octanol–water partition coefficient (Wildman–Crippen LogP) is 3.96. The van der Waals surface area contributed by atoms with Crippen LogP contribution in [0, 0.1) is 0 Å². The molecule has 1 aliphatic rings. The normalized spacial score (nSPS) is 14.2. The van der Waals surface area contributed by atoms with E-state index in [0.29, 0.717) is 5.75 Å². The summed E-state index contributed by atoms with van der Waals surface area (Å²) in [6, 6.07) is 28.2. The van der Waals surface area contributed by atoms with Gasteiger partial charge in [-0.25, -0.2) is 0 Å². The van der Waals surface area contributed by atoms with E-state index in [4.69, 9.17) is 0 Å². The lowest BCUT2D eigenvalue weighted by atomic mass is 10.1. The quantitative estimate of drug-likeness (QED) is 0.353.